The maximum Gasteiger partial charge on any atom is 0.0644 e. The smallest absolute Gasteiger partial charge is 0.0644 e. The van der Waals surface area contributed by atoms with Gasteiger partial charge in [0.1, 0.15) is 0 Å². The summed E-state index contributed by atoms with van der Waals surface area (Å²) in [6, 6.07) is 1.20. The second-order valence-corrected chi connectivity index (χ2v) is 5.16. The minimum atomic E-state index is 0.476. The highest BCUT2D eigenvalue weighted by atomic mass is 15.3. The number of rotatable bonds is 4. The largest absolute Gasteiger partial charge is 0.307 e. The first kappa shape index (κ1) is 11.6. The van der Waals surface area contributed by atoms with Gasteiger partial charge in [0.15, 0.2) is 0 Å². The van der Waals surface area contributed by atoms with Crippen molar-refractivity contribution in [3.05, 3.63) is 17.0 Å². The van der Waals surface area contributed by atoms with Crippen LogP contribution in [0.3, 0.4) is 0 Å². The van der Waals surface area contributed by atoms with E-state index in [-0.39, 0.29) is 0 Å². The van der Waals surface area contributed by atoms with Crippen LogP contribution in [0.2, 0.25) is 0 Å². The van der Waals surface area contributed by atoms with Gasteiger partial charge in [0, 0.05) is 30.4 Å². The predicted octanol–water partition coefficient (Wildman–Crippen LogP) is 2.49. The van der Waals surface area contributed by atoms with Crippen LogP contribution in [0.25, 0.3) is 0 Å². The van der Waals surface area contributed by atoms with Gasteiger partial charge in [-0.05, 0) is 32.6 Å². The molecule has 3 unspecified atom stereocenters. The van der Waals surface area contributed by atoms with Gasteiger partial charge >= 0.3 is 0 Å². The van der Waals surface area contributed by atoms with Gasteiger partial charge in [0.05, 0.1) is 5.69 Å². The molecule has 3 atom stereocenters. The lowest BCUT2D eigenvalue weighted by molar-refractivity contribution is 0.498. The van der Waals surface area contributed by atoms with Crippen molar-refractivity contribution in [3.63, 3.8) is 0 Å². The number of aromatic nitrogens is 2. The average molecular weight is 221 g/mol. The van der Waals surface area contributed by atoms with E-state index in [9.17, 15) is 0 Å². The molecule has 3 heteroatoms. The minimum absolute atomic E-state index is 0.476. The fourth-order valence-corrected chi connectivity index (χ4v) is 2.51. The molecule has 3 nitrogen and oxygen atoms in total. The zero-order chi connectivity index (χ0) is 11.9. The number of nitrogens with one attached hydrogen (secondary N) is 1. The molecule has 1 aromatic rings. The Hall–Kier alpha value is -0.830. The van der Waals surface area contributed by atoms with E-state index in [4.69, 9.17) is 0 Å². The van der Waals surface area contributed by atoms with Gasteiger partial charge < -0.3 is 5.32 Å². The first-order valence-corrected chi connectivity index (χ1v) is 6.30. The molecule has 1 N–H and O–H groups in total. The molecule has 1 aromatic heterocycles. The van der Waals surface area contributed by atoms with Gasteiger partial charge in [-0.2, -0.15) is 5.10 Å². The molecule has 1 saturated carbocycles. The SMILES string of the molecule is CCC(NC1CC1C)c1c(C)nn(C)c1C. The second-order valence-electron chi connectivity index (χ2n) is 5.16. The summed E-state index contributed by atoms with van der Waals surface area (Å²) in [5.74, 6) is 0.853. The Kier molecular flexibility index (Phi) is 3.06. The van der Waals surface area contributed by atoms with E-state index in [1.807, 2.05) is 11.7 Å². The summed E-state index contributed by atoms with van der Waals surface area (Å²) >= 11 is 0. The topological polar surface area (TPSA) is 29.9 Å². The molecular formula is C13H23N3. The van der Waals surface area contributed by atoms with Crippen LogP contribution in [-0.2, 0) is 7.05 Å². The van der Waals surface area contributed by atoms with Gasteiger partial charge in [-0.25, -0.2) is 0 Å². The molecule has 0 aromatic carbocycles. The van der Waals surface area contributed by atoms with Crippen molar-refractivity contribution in [2.75, 3.05) is 0 Å². The number of aryl methyl sites for hydroxylation is 2. The van der Waals surface area contributed by atoms with Crippen molar-refractivity contribution in [2.45, 2.75) is 52.6 Å². The first-order valence-electron chi connectivity index (χ1n) is 6.30. The molecular weight excluding hydrogens is 198 g/mol. The Morgan fingerprint density at radius 2 is 2.12 bits per heavy atom. The molecule has 16 heavy (non-hydrogen) atoms. The third-order valence-corrected chi connectivity index (χ3v) is 3.85. The maximum absolute atomic E-state index is 4.50. The Labute approximate surface area is 98.2 Å². The van der Waals surface area contributed by atoms with E-state index in [1.54, 1.807) is 0 Å². The van der Waals surface area contributed by atoms with Crippen LogP contribution in [0.1, 0.15) is 49.7 Å². The number of hydrogen-bond acceptors (Lipinski definition) is 2. The molecule has 1 aliphatic carbocycles. The van der Waals surface area contributed by atoms with Gasteiger partial charge in [0.25, 0.3) is 0 Å². The predicted molar refractivity (Wildman–Crippen MR) is 66.4 cm³/mol. The van der Waals surface area contributed by atoms with Crippen LogP contribution in [0, 0.1) is 19.8 Å². The van der Waals surface area contributed by atoms with E-state index < -0.39 is 0 Å². The molecule has 0 spiro atoms. The van der Waals surface area contributed by atoms with Crippen LogP contribution in [0.4, 0.5) is 0 Å². The molecule has 1 fully saturated rings. The first-order chi connectivity index (χ1) is 7.54. The molecule has 0 bridgehead atoms. The summed E-state index contributed by atoms with van der Waals surface area (Å²) in [6.45, 7) is 8.84. The third-order valence-electron chi connectivity index (χ3n) is 3.85. The lowest BCUT2D eigenvalue weighted by Gasteiger charge is -2.17. The van der Waals surface area contributed by atoms with Crippen molar-refractivity contribution in [1.29, 1.82) is 0 Å². The van der Waals surface area contributed by atoms with E-state index in [0.717, 1.165) is 18.4 Å². The zero-order valence-electron chi connectivity index (χ0n) is 11.0. The van der Waals surface area contributed by atoms with Gasteiger partial charge in [-0.15, -0.1) is 0 Å². The Morgan fingerprint density at radius 3 is 2.50 bits per heavy atom. The second kappa shape index (κ2) is 4.21. The zero-order valence-corrected chi connectivity index (χ0v) is 11.0. The summed E-state index contributed by atoms with van der Waals surface area (Å²) < 4.78 is 1.99. The molecule has 2 rings (SSSR count). The molecule has 0 radical (unpaired) electrons. The normalized spacial score (nSPS) is 25.8. The van der Waals surface area contributed by atoms with Crippen molar-refractivity contribution in [1.82, 2.24) is 15.1 Å². The van der Waals surface area contributed by atoms with Crippen molar-refractivity contribution in [2.24, 2.45) is 13.0 Å². The van der Waals surface area contributed by atoms with Crippen molar-refractivity contribution < 1.29 is 0 Å². The molecule has 0 aliphatic heterocycles. The van der Waals surface area contributed by atoms with E-state index in [1.165, 1.54) is 23.4 Å². The summed E-state index contributed by atoms with van der Waals surface area (Å²) in [5, 5.41) is 8.25. The minimum Gasteiger partial charge on any atom is -0.307 e. The van der Waals surface area contributed by atoms with Crippen LogP contribution in [-0.4, -0.2) is 15.8 Å². The van der Waals surface area contributed by atoms with E-state index in [2.05, 4.69) is 38.1 Å². The fourth-order valence-electron chi connectivity index (χ4n) is 2.51. The average Bonchev–Trinajstić information content (AvgIpc) is 2.85. The van der Waals surface area contributed by atoms with Crippen LogP contribution in [0.5, 0.6) is 0 Å². The summed E-state index contributed by atoms with van der Waals surface area (Å²) in [5.41, 5.74) is 3.88. The molecule has 90 valence electrons. The van der Waals surface area contributed by atoms with E-state index in [0.29, 0.717) is 6.04 Å². The van der Waals surface area contributed by atoms with Gasteiger partial charge in [-0.3, -0.25) is 4.68 Å². The summed E-state index contributed by atoms with van der Waals surface area (Å²) in [6.07, 6.45) is 2.46. The van der Waals surface area contributed by atoms with Gasteiger partial charge in [-0.1, -0.05) is 13.8 Å². The monoisotopic (exact) mass is 221 g/mol. The van der Waals surface area contributed by atoms with Crippen molar-refractivity contribution >= 4 is 0 Å². The molecule has 1 aliphatic rings. The summed E-state index contributed by atoms with van der Waals surface area (Å²) in [4.78, 5) is 0. The number of hydrogen-bond donors (Lipinski definition) is 1. The number of nitrogens with zero attached hydrogens (tertiary/aromatic N) is 2. The Morgan fingerprint density at radius 1 is 1.50 bits per heavy atom. The highest BCUT2D eigenvalue weighted by Gasteiger charge is 2.34. The van der Waals surface area contributed by atoms with Gasteiger partial charge in [0.2, 0.25) is 0 Å². The van der Waals surface area contributed by atoms with Crippen molar-refractivity contribution in [3.8, 4) is 0 Å². The highest BCUT2D eigenvalue weighted by Crippen LogP contribution is 2.33. The Bertz CT molecular complexity index is 381. The quantitative estimate of drug-likeness (QED) is 0.846. The van der Waals surface area contributed by atoms with Crippen LogP contribution >= 0.6 is 0 Å². The lowest BCUT2D eigenvalue weighted by Crippen LogP contribution is -2.25. The summed E-state index contributed by atoms with van der Waals surface area (Å²) in [7, 11) is 2.03. The molecule has 0 amide bonds. The maximum atomic E-state index is 4.50. The highest BCUT2D eigenvalue weighted by molar-refractivity contribution is 5.28. The third kappa shape index (κ3) is 2.01. The van der Waals surface area contributed by atoms with E-state index >= 15 is 0 Å². The lowest BCUT2D eigenvalue weighted by atomic mass is 10.0. The van der Waals surface area contributed by atoms with Crippen LogP contribution < -0.4 is 5.32 Å². The Balaban J connectivity index is 2.18. The fraction of sp³-hybridized carbons (Fsp3) is 0.769. The molecule has 1 heterocycles. The standard InChI is InChI=1S/C13H23N3/c1-6-11(14-12-7-8(12)2)13-9(3)15-16(5)10(13)4/h8,11-12,14H,6-7H2,1-5H3. The van der Waals surface area contributed by atoms with Crippen LogP contribution in [0.15, 0.2) is 0 Å². The molecule has 0 saturated heterocycles.